The molecular weight excluding hydrogens is 352 g/mol. The topological polar surface area (TPSA) is 52.6 Å². The first-order valence-electron chi connectivity index (χ1n) is 10.2. The van der Waals surface area contributed by atoms with E-state index in [0.717, 1.165) is 36.6 Å². The molecule has 3 rings (SSSR count). The molecule has 2 heterocycles. The second-order valence-corrected chi connectivity index (χ2v) is 7.66. The van der Waals surface area contributed by atoms with Gasteiger partial charge in [0.1, 0.15) is 18.1 Å². The highest BCUT2D eigenvalue weighted by atomic mass is 16.5. The van der Waals surface area contributed by atoms with E-state index in [9.17, 15) is 0 Å². The molecule has 5 nitrogen and oxygen atoms in total. The van der Waals surface area contributed by atoms with Crippen molar-refractivity contribution in [2.45, 2.75) is 45.3 Å². The van der Waals surface area contributed by atoms with E-state index in [1.54, 1.807) is 13.3 Å². The third-order valence-corrected chi connectivity index (χ3v) is 5.64. The fraction of sp³-hybridized carbons (Fsp3) is 0.522. The van der Waals surface area contributed by atoms with E-state index >= 15 is 0 Å². The fourth-order valence-corrected chi connectivity index (χ4v) is 3.21. The van der Waals surface area contributed by atoms with Crippen molar-refractivity contribution < 1.29 is 14.2 Å². The van der Waals surface area contributed by atoms with Crippen LogP contribution in [0.15, 0.2) is 42.7 Å². The standard InChI is InChI=1S/C23H32N2O3/c1-17(9-11-27-15-19-4-6-22(26-3)7-5-19)18(2)20-12-23(14-24-13-20)28-16-21-8-10-25-21/h4-7,12-14,17-18,21,25H,8-11,15-16H2,1-3H3/t17-,18+,21+/m1/s1. The zero-order valence-electron chi connectivity index (χ0n) is 17.2. The Bertz CT molecular complexity index is 716. The number of rotatable bonds is 11. The number of hydrogen-bond acceptors (Lipinski definition) is 5. The zero-order valence-corrected chi connectivity index (χ0v) is 17.2. The quantitative estimate of drug-likeness (QED) is 0.589. The van der Waals surface area contributed by atoms with Gasteiger partial charge >= 0.3 is 0 Å². The van der Waals surface area contributed by atoms with Crippen LogP contribution < -0.4 is 14.8 Å². The maximum absolute atomic E-state index is 5.89. The van der Waals surface area contributed by atoms with Crippen molar-refractivity contribution in [3.63, 3.8) is 0 Å². The van der Waals surface area contributed by atoms with Gasteiger partial charge in [-0.1, -0.05) is 26.0 Å². The second kappa shape index (κ2) is 10.4. The summed E-state index contributed by atoms with van der Waals surface area (Å²) < 4.78 is 16.9. The first-order valence-corrected chi connectivity index (χ1v) is 10.2. The maximum Gasteiger partial charge on any atom is 0.137 e. The number of pyridine rings is 1. The molecule has 0 saturated carbocycles. The Labute approximate surface area is 168 Å². The van der Waals surface area contributed by atoms with Crippen molar-refractivity contribution in [3.05, 3.63) is 53.9 Å². The summed E-state index contributed by atoms with van der Waals surface area (Å²) in [6, 6.07) is 10.6. The number of ether oxygens (including phenoxy) is 3. The number of nitrogens with one attached hydrogen (secondary N) is 1. The summed E-state index contributed by atoms with van der Waals surface area (Å²) in [6.45, 7) is 7.71. The third-order valence-electron chi connectivity index (χ3n) is 5.64. The number of nitrogens with zero attached hydrogens (tertiary/aromatic N) is 1. The zero-order chi connectivity index (χ0) is 19.8. The molecule has 0 aliphatic carbocycles. The second-order valence-electron chi connectivity index (χ2n) is 7.66. The summed E-state index contributed by atoms with van der Waals surface area (Å²) in [5.41, 5.74) is 2.39. The van der Waals surface area contributed by atoms with Gasteiger partial charge in [-0.2, -0.15) is 0 Å². The van der Waals surface area contributed by atoms with Gasteiger partial charge in [0.05, 0.1) is 19.9 Å². The molecule has 1 aromatic heterocycles. The third kappa shape index (κ3) is 5.94. The van der Waals surface area contributed by atoms with Crippen molar-refractivity contribution in [1.29, 1.82) is 0 Å². The molecule has 0 unspecified atom stereocenters. The lowest BCUT2D eigenvalue weighted by Gasteiger charge is -2.27. The highest BCUT2D eigenvalue weighted by Crippen LogP contribution is 2.28. The molecule has 0 radical (unpaired) electrons. The Morgan fingerprint density at radius 1 is 1.14 bits per heavy atom. The van der Waals surface area contributed by atoms with Gasteiger partial charge in [-0.15, -0.1) is 0 Å². The molecular formula is C23H32N2O3. The van der Waals surface area contributed by atoms with Crippen LogP contribution in [0.25, 0.3) is 0 Å². The average molecular weight is 385 g/mol. The number of aromatic nitrogens is 1. The monoisotopic (exact) mass is 384 g/mol. The fourth-order valence-electron chi connectivity index (χ4n) is 3.21. The van der Waals surface area contributed by atoms with Crippen LogP contribution >= 0.6 is 0 Å². The van der Waals surface area contributed by atoms with Gasteiger partial charge < -0.3 is 19.5 Å². The number of hydrogen-bond donors (Lipinski definition) is 1. The van der Waals surface area contributed by atoms with Crippen molar-refractivity contribution in [3.8, 4) is 11.5 Å². The van der Waals surface area contributed by atoms with Gasteiger partial charge in [-0.05, 0) is 60.5 Å². The molecule has 5 heteroatoms. The smallest absolute Gasteiger partial charge is 0.137 e. The normalized spacial score (nSPS) is 18.2. The Kier molecular flexibility index (Phi) is 7.69. The lowest BCUT2D eigenvalue weighted by molar-refractivity contribution is 0.106. The predicted octanol–water partition coefficient (Wildman–Crippen LogP) is 4.18. The van der Waals surface area contributed by atoms with Crippen LogP contribution in [-0.2, 0) is 11.3 Å². The largest absolute Gasteiger partial charge is 0.497 e. The van der Waals surface area contributed by atoms with Crippen LogP contribution in [0.3, 0.4) is 0 Å². The highest BCUT2D eigenvalue weighted by molar-refractivity contribution is 5.27. The Hall–Kier alpha value is -2.11. The van der Waals surface area contributed by atoms with Crippen molar-refractivity contribution in [1.82, 2.24) is 10.3 Å². The summed E-state index contributed by atoms with van der Waals surface area (Å²) in [5, 5.41) is 3.35. The maximum atomic E-state index is 5.89. The van der Waals surface area contributed by atoms with E-state index in [4.69, 9.17) is 14.2 Å². The molecule has 3 atom stereocenters. The van der Waals surface area contributed by atoms with E-state index < -0.39 is 0 Å². The molecule has 1 saturated heterocycles. The van der Waals surface area contributed by atoms with Crippen LogP contribution in [0.1, 0.15) is 43.7 Å². The Balaban J connectivity index is 1.41. The molecule has 2 aromatic rings. The molecule has 1 aliphatic heterocycles. The van der Waals surface area contributed by atoms with Gasteiger partial charge in [0.25, 0.3) is 0 Å². The molecule has 1 fully saturated rings. The number of methoxy groups -OCH3 is 1. The molecule has 1 N–H and O–H groups in total. The predicted molar refractivity (Wildman–Crippen MR) is 111 cm³/mol. The lowest BCUT2D eigenvalue weighted by Crippen LogP contribution is -2.46. The molecule has 152 valence electrons. The first-order chi connectivity index (χ1) is 13.7. The number of benzene rings is 1. The minimum atomic E-state index is 0.405. The molecule has 0 spiro atoms. The lowest BCUT2D eigenvalue weighted by atomic mass is 9.88. The van der Waals surface area contributed by atoms with Crippen LogP contribution in [-0.4, -0.2) is 37.9 Å². The molecule has 28 heavy (non-hydrogen) atoms. The van der Waals surface area contributed by atoms with Crippen molar-refractivity contribution in [2.24, 2.45) is 5.92 Å². The summed E-state index contributed by atoms with van der Waals surface area (Å²) in [4.78, 5) is 4.37. The molecule has 1 aromatic carbocycles. The van der Waals surface area contributed by atoms with Crippen molar-refractivity contribution >= 4 is 0 Å². The summed E-state index contributed by atoms with van der Waals surface area (Å²) in [6.07, 6.45) is 5.96. The van der Waals surface area contributed by atoms with Crippen LogP contribution in [0.2, 0.25) is 0 Å². The van der Waals surface area contributed by atoms with Crippen LogP contribution in [0.5, 0.6) is 11.5 Å². The average Bonchev–Trinajstić information content (AvgIpc) is 2.70. The van der Waals surface area contributed by atoms with Gasteiger partial charge in [0, 0.05) is 18.8 Å². The minimum Gasteiger partial charge on any atom is -0.497 e. The van der Waals surface area contributed by atoms with E-state index in [2.05, 4.69) is 30.2 Å². The van der Waals surface area contributed by atoms with Crippen LogP contribution in [0, 0.1) is 5.92 Å². The molecule has 1 aliphatic rings. The molecule has 0 amide bonds. The SMILES string of the molecule is COc1ccc(COCC[C@@H](C)[C@H](C)c2cncc(OC[C@@H]3CCN3)c2)cc1. The minimum absolute atomic E-state index is 0.405. The van der Waals surface area contributed by atoms with E-state index in [-0.39, 0.29) is 0 Å². The van der Waals surface area contributed by atoms with Gasteiger partial charge in [0.15, 0.2) is 0 Å². The van der Waals surface area contributed by atoms with Gasteiger partial charge in [-0.3, -0.25) is 4.98 Å². The van der Waals surface area contributed by atoms with Gasteiger partial charge in [0.2, 0.25) is 0 Å². The Morgan fingerprint density at radius 2 is 1.93 bits per heavy atom. The van der Waals surface area contributed by atoms with Gasteiger partial charge in [-0.25, -0.2) is 0 Å². The Morgan fingerprint density at radius 3 is 2.61 bits per heavy atom. The van der Waals surface area contributed by atoms with Crippen LogP contribution in [0.4, 0.5) is 0 Å². The highest BCUT2D eigenvalue weighted by Gasteiger charge is 2.18. The van der Waals surface area contributed by atoms with E-state index in [0.29, 0.717) is 31.1 Å². The molecule has 0 bridgehead atoms. The summed E-state index contributed by atoms with van der Waals surface area (Å²) >= 11 is 0. The summed E-state index contributed by atoms with van der Waals surface area (Å²) in [5.74, 6) is 2.64. The first kappa shape index (κ1) is 20.6. The van der Waals surface area contributed by atoms with E-state index in [1.807, 2.05) is 30.5 Å². The van der Waals surface area contributed by atoms with Crippen molar-refractivity contribution in [2.75, 3.05) is 26.9 Å². The van der Waals surface area contributed by atoms with E-state index in [1.165, 1.54) is 12.0 Å². The summed E-state index contributed by atoms with van der Waals surface area (Å²) in [7, 11) is 1.68.